The quantitative estimate of drug-likeness (QED) is 0.684. The number of nitrogens with one attached hydrogen (secondary N) is 2. The van der Waals surface area contributed by atoms with Gasteiger partial charge in [-0.1, -0.05) is 0 Å². The summed E-state index contributed by atoms with van der Waals surface area (Å²) in [7, 11) is 0. The number of ether oxygens (including phenoxy) is 1. The zero-order valence-corrected chi connectivity index (χ0v) is 16.4. The largest absolute Gasteiger partial charge is 0.373 e. The molecule has 0 amide bonds. The van der Waals surface area contributed by atoms with Crippen LogP contribution in [0.1, 0.15) is 12.7 Å². The fraction of sp³-hybridized carbons (Fsp3) is 0.444. The van der Waals surface area contributed by atoms with Gasteiger partial charge in [0.1, 0.15) is 18.0 Å². The van der Waals surface area contributed by atoms with Gasteiger partial charge in [-0.3, -0.25) is 5.41 Å². The van der Waals surface area contributed by atoms with Crippen LogP contribution in [0.4, 0.5) is 14.6 Å². The molecule has 2 N–H and O–H groups in total. The van der Waals surface area contributed by atoms with E-state index in [2.05, 4.69) is 38.0 Å². The third-order valence-electron chi connectivity index (χ3n) is 4.50. The monoisotopic (exact) mass is 408 g/mol. The van der Waals surface area contributed by atoms with Gasteiger partial charge < -0.3 is 14.6 Å². The molecule has 1 aliphatic heterocycles. The highest BCUT2D eigenvalue weighted by Crippen LogP contribution is 2.25. The van der Waals surface area contributed by atoms with E-state index in [0.717, 1.165) is 24.2 Å². The number of hydrogen-bond acceptors (Lipinski definition) is 7. The Bertz CT molecular complexity index is 841. The van der Waals surface area contributed by atoms with E-state index in [0.29, 0.717) is 23.8 Å². The third-order valence-corrected chi connectivity index (χ3v) is 5.16. The summed E-state index contributed by atoms with van der Waals surface area (Å²) in [6.45, 7) is 3.51. The average Bonchev–Trinajstić information content (AvgIpc) is 3.17. The van der Waals surface area contributed by atoms with Gasteiger partial charge in [0.25, 0.3) is 6.43 Å². The first kappa shape index (κ1) is 20.4. The fourth-order valence-electron chi connectivity index (χ4n) is 2.97. The number of aromatic nitrogens is 4. The second kappa shape index (κ2) is 9.24. The molecule has 150 valence electrons. The summed E-state index contributed by atoms with van der Waals surface area (Å²) >= 11 is 1.75. The second-order valence-electron chi connectivity index (χ2n) is 6.33. The lowest BCUT2D eigenvalue weighted by molar-refractivity contribution is 0.0313. The summed E-state index contributed by atoms with van der Waals surface area (Å²) in [5, 5.41) is 7.15. The van der Waals surface area contributed by atoms with Gasteiger partial charge in [-0.15, -0.1) is 0 Å². The first-order valence-electron chi connectivity index (χ1n) is 8.79. The zero-order valence-electron chi connectivity index (χ0n) is 15.6. The van der Waals surface area contributed by atoms with Crippen LogP contribution in [-0.4, -0.2) is 69.4 Å². The van der Waals surface area contributed by atoms with Crippen LogP contribution in [0.2, 0.25) is 0 Å². The van der Waals surface area contributed by atoms with E-state index in [1.54, 1.807) is 18.0 Å². The molecule has 2 aromatic rings. The van der Waals surface area contributed by atoms with Crippen LogP contribution < -0.4 is 4.90 Å². The predicted molar refractivity (Wildman–Crippen MR) is 107 cm³/mol. The standard InChI is InChI=1S/C18H22F2N6OS/c1-11-15(9-28-2)27-6-5-26(11)17-7-13(23-10-24-17)14-8-22-16(25-14)4-3-12(21)18(19)20/h3-4,7-8,10-11,15,18,21H,5-6,9H2,1-2H3,(H,22,25)/b4-3-,21-12?. The summed E-state index contributed by atoms with van der Waals surface area (Å²) in [5.41, 5.74) is 0.540. The summed E-state index contributed by atoms with van der Waals surface area (Å²) in [6.07, 6.45) is 4.84. The van der Waals surface area contributed by atoms with Gasteiger partial charge in [0.2, 0.25) is 0 Å². The van der Waals surface area contributed by atoms with Crippen molar-refractivity contribution in [3.63, 3.8) is 0 Å². The topological polar surface area (TPSA) is 90.8 Å². The fourth-order valence-corrected chi connectivity index (χ4v) is 3.67. The molecule has 0 aromatic carbocycles. The van der Waals surface area contributed by atoms with Gasteiger partial charge in [0.15, 0.2) is 0 Å². The van der Waals surface area contributed by atoms with Crippen molar-refractivity contribution in [2.75, 3.05) is 30.1 Å². The molecular formula is C18H22F2N6OS. The van der Waals surface area contributed by atoms with E-state index in [1.807, 2.05) is 6.07 Å². The van der Waals surface area contributed by atoms with Gasteiger partial charge >= 0.3 is 0 Å². The molecule has 10 heteroatoms. The SMILES string of the molecule is CSCC1OCCN(c2cc(-c3cnc(/C=C\C(=N)C(F)F)[nH]3)ncn2)C1C. The number of rotatable bonds is 7. The molecule has 2 atom stereocenters. The second-order valence-corrected chi connectivity index (χ2v) is 7.24. The molecule has 2 unspecified atom stereocenters. The number of morpholine rings is 1. The van der Waals surface area contributed by atoms with Crippen molar-refractivity contribution in [2.45, 2.75) is 25.5 Å². The number of H-pyrrole nitrogens is 1. The van der Waals surface area contributed by atoms with E-state index >= 15 is 0 Å². The van der Waals surface area contributed by atoms with Crippen LogP contribution in [0.15, 0.2) is 24.7 Å². The number of nitrogens with zero attached hydrogens (tertiary/aromatic N) is 4. The van der Waals surface area contributed by atoms with Crippen LogP contribution in [0.5, 0.6) is 0 Å². The van der Waals surface area contributed by atoms with E-state index in [-0.39, 0.29) is 12.1 Å². The average molecular weight is 408 g/mol. The molecule has 0 bridgehead atoms. The Morgan fingerprint density at radius 1 is 1.46 bits per heavy atom. The lowest BCUT2D eigenvalue weighted by atomic mass is 10.1. The van der Waals surface area contributed by atoms with E-state index in [9.17, 15) is 8.78 Å². The van der Waals surface area contributed by atoms with Gasteiger partial charge in [0, 0.05) is 18.4 Å². The minimum atomic E-state index is -2.81. The summed E-state index contributed by atoms with van der Waals surface area (Å²) < 4.78 is 30.6. The summed E-state index contributed by atoms with van der Waals surface area (Å²) in [5.74, 6) is 2.10. The Balaban J connectivity index is 1.77. The van der Waals surface area contributed by atoms with Crippen LogP contribution >= 0.6 is 11.8 Å². The number of halogens is 2. The first-order valence-corrected chi connectivity index (χ1v) is 10.2. The highest BCUT2D eigenvalue weighted by Gasteiger charge is 2.29. The normalized spacial score (nSPS) is 20.2. The van der Waals surface area contributed by atoms with Crippen LogP contribution in [0.25, 0.3) is 17.5 Å². The molecule has 3 heterocycles. The molecule has 0 radical (unpaired) electrons. The Hall–Kier alpha value is -2.33. The maximum atomic E-state index is 12.4. The molecule has 1 saturated heterocycles. The van der Waals surface area contributed by atoms with Crippen molar-refractivity contribution in [1.82, 2.24) is 19.9 Å². The maximum absolute atomic E-state index is 12.4. The number of hydrogen-bond donors (Lipinski definition) is 2. The molecule has 0 aliphatic carbocycles. The number of thioether (sulfide) groups is 1. The minimum absolute atomic E-state index is 0.135. The Kier molecular flexibility index (Phi) is 6.74. The molecule has 7 nitrogen and oxygen atoms in total. The molecule has 0 saturated carbocycles. The minimum Gasteiger partial charge on any atom is -0.373 e. The molecular weight excluding hydrogens is 386 g/mol. The Morgan fingerprint density at radius 3 is 3.04 bits per heavy atom. The number of allylic oxidation sites excluding steroid dienone is 1. The molecule has 1 fully saturated rings. The third kappa shape index (κ3) is 4.74. The number of imidazole rings is 1. The highest BCUT2D eigenvalue weighted by atomic mass is 32.2. The van der Waals surface area contributed by atoms with Crippen molar-refractivity contribution in [3.05, 3.63) is 30.5 Å². The van der Waals surface area contributed by atoms with Gasteiger partial charge in [-0.2, -0.15) is 11.8 Å². The Labute approximate surface area is 166 Å². The van der Waals surface area contributed by atoms with Gasteiger partial charge in [0.05, 0.1) is 42.0 Å². The number of anilines is 1. The molecule has 1 aliphatic rings. The lowest BCUT2D eigenvalue weighted by Crippen LogP contribution is -2.51. The van der Waals surface area contributed by atoms with Crippen molar-refractivity contribution >= 4 is 29.4 Å². The molecule has 28 heavy (non-hydrogen) atoms. The summed E-state index contributed by atoms with van der Waals surface area (Å²) in [4.78, 5) is 18.1. The molecule has 0 spiro atoms. The van der Waals surface area contributed by atoms with E-state index in [4.69, 9.17) is 10.1 Å². The van der Waals surface area contributed by atoms with E-state index < -0.39 is 12.1 Å². The summed E-state index contributed by atoms with van der Waals surface area (Å²) in [6, 6.07) is 2.06. The van der Waals surface area contributed by atoms with Gasteiger partial charge in [-0.05, 0) is 25.3 Å². The van der Waals surface area contributed by atoms with Crippen molar-refractivity contribution < 1.29 is 13.5 Å². The molecule has 3 rings (SSSR count). The smallest absolute Gasteiger partial charge is 0.279 e. The van der Waals surface area contributed by atoms with Crippen LogP contribution in [0, 0.1) is 5.41 Å². The predicted octanol–water partition coefficient (Wildman–Crippen LogP) is 3.12. The Morgan fingerprint density at radius 2 is 2.29 bits per heavy atom. The van der Waals surface area contributed by atoms with Gasteiger partial charge in [-0.25, -0.2) is 23.7 Å². The van der Waals surface area contributed by atoms with Crippen molar-refractivity contribution in [3.8, 4) is 11.4 Å². The van der Waals surface area contributed by atoms with Crippen molar-refractivity contribution in [2.24, 2.45) is 0 Å². The molecule has 2 aromatic heterocycles. The number of aromatic amines is 1. The van der Waals surface area contributed by atoms with Crippen LogP contribution in [0.3, 0.4) is 0 Å². The number of alkyl halides is 2. The maximum Gasteiger partial charge on any atom is 0.279 e. The highest BCUT2D eigenvalue weighted by molar-refractivity contribution is 7.98. The first-order chi connectivity index (χ1) is 13.5. The van der Waals surface area contributed by atoms with Crippen LogP contribution in [-0.2, 0) is 4.74 Å². The van der Waals surface area contributed by atoms with E-state index in [1.165, 1.54) is 12.4 Å². The lowest BCUT2D eigenvalue weighted by Gasteiger charge is -2.39. The van der Waals surface area contributed by atoms with Crippen molar-refractivity contribution in [1.29, 1.82) is 5.41 Å². The zero-order chi connectivity index (χ0) is 20.1.